The molecule has 3 heterocycles. The summed E-state index contributed by atoms with van der Waals surface area (Å²) in [4.78, 5) is 46.7. The van der Waals surface area contributed by atoms with E-state index in [-0.39, 0.29) is 30.3 Å². The van der Waals surface area contributed by atoms with Gasteiger partial charge in [0.2, 0.25) is 17.7 Å². The second-order valence-electron chi connectivity index (χ2n) is 11.7. The number of carbonyl (C=O) groups excluding carboxylic acids is 3. The van der Waals surface area contributed by atoms with Crippen LogP contribution in [-0.2, 0) is 32.6 Å². The second kappa shape index (κ2) is 9.55. The van der Waals surface area contributed by atoms with Gasteiger partial charge in [0.05, 0.1) is 17.0 Å². The van der Waals surface area contributed by atoms with Gasteiger partial charge in [0.25, 0.3) is 0 Å². The fourth-order valence-electron chi connectivity index (χ4n) is 7.37. The van der Waals surface area contributed by atoms with Gasteiger partial charge in [0.15, 0.2) is 0 Å². The van der Waals surface area contributed by atoms with Gasteiger partial charge in [-0.1, -0.05) is 55.3 Å². The Kier molecular flexibility index (Phi) is 5.96. The summed E-state index contributed by atoms with van der Waals surface area (Å²) in [6.45, 7) is 0.729. The van der Waals surface area contributed by atoms with Crippen LogP contribution in [0.15, 0.2) is 66.9 Å². The summed E-state index contributed by atoms with van der Waals surface area (Å²) in [5.74, 6) is 0.426. The molecule has 8 heteroatoms. The number of rotatable bonds is 4. The molecule has 2 atom stereocenters. The largest absolute Gasteiger partial charge is 0.325 e. The molecule has 1 saturated heterocycles. The van der Waals surface area contributed by atoms with E-state index in [1.54, 1.807) is 11.1 Å². The van der Waals surface area contributed by atoms with Crippen LogP contribution in [0.5, 0.6) is 0 Å². The zero-order chi connectivity index (χ0) is 27.3. The molecular formula is C32H33N5O3. The van der Waals surface area contributed by atoms with Crippen molar-refractivity contribution in [2.24, 2.45) is 0 Å². The third kappa shape index (κ3) is 4.01. The summed E-state index contributed by atoms with van der Waals surface area (Å²) in [6.07, 6.45) is 7.27. The number of nitrogens with zero attached hydrogens (tertiary/aromatic N) is 2. The zero-order valence-corrected chi connectivity index (χ0v) is 22.4. The van der Waals surface area contributed by atoms with Crippen LogP contribution in [0.4, 0.5) is 11.5 Å². The number of benzene rings is 2. The molecule has 4 aliphatic rings. The van der Waals surface area contributed by atoms with Crippen LogP contribution in [0, 0.1) is 0 Å². The maximum absolute atomic E-state index is 14.0. The Morgan fingerprint density at radius 1 is 1.00 bits per heavy atom. The minimum Gasteiger partial charge on any atom is -0.325 e. The second-order valence-corrected chi connectivity index (χ2v) is 11.7. The number of amides is 3. The molecule has 0 radical (unpaired) electrons. The van der Waals surface area contributed by atoms with Gasteiger partial charge in [-0.05, 0) is 73.5 Å². The van der Waals surface area contributed by atoms with Crippen molar-refractivity contribution in [1.29, 1.82) is 0 Å². The van der Waals surface area contributed by atoms with Gasteiger partial charge in [-0.25, -0.2) is 4.98 Å². The lowest BCUT2D eigenvalue weighted by atomic mass is 9.79. The molecule has 7 rings (SSSR count). The van der Waals surface area contributed by atoms with Crippen molar-refractivity contribution in [3.63, 3.8) is 0 Å². The number of fused-ring (bicyclic) bond motifs is 3. The van der Waals surface area contributed by atoms with E-state index in [0.29, 0.717) is 24.3 Å². The SMILES string of the molecule is O=C(CN1C(=O)C2(CCCC2)NCC[C@H]1c1ccccc1)Nc1ccc2c(c1)CC1(C2)C(=O)Nc2ncccc21. The molecule has 1 aromatic heterocycles. The predicted octanol–water partition coefficient (Wildman–Crippen LogP) is 3.88. The van der Waals surface area contributed by atoms with E-state index in [9.17, 15) is 14.4 Å². The Morgan fingerprint density at radius 2 is 1.80 bits per heavy atom. The third-order valence-corrected chi connectivity index (χ3v) is 9.35. The topological polar surface area (TPSA) is 103 Å². The molecule has 1 saturated carbocycles. The minimum atomic E-state index is -0.654. The molecule has 204 valence electrons. The maximum atomic E-state index is 14.0. The molecule has 3 aromatic rings. The van der Waals surface area contributed by atoms with E-state index < -0.39 is 11.0 Å². The summed E-state index contributed by atoms with van der Waals surface area (Å²) in [5.41, 5.74) is 3.59. The van der Waals surface area contributed by atoms with Crippen molar-refractivity contribution in [2.45, 2.75) is 61.9 Å². The van der Waals surface area contributed by atoms with Gasteiger partial charge < -0.3 is 20.9 Å². The van der Waals surface area contributed by atoms with E-state index in [1.165, 1.54) is 0 Å². The lowest BCUT2D eigenvalue weighted by Gasteiger charge is -2.35. The van der Waals surface area contributed by atoms with Gasteiger partial charge in [0, 0.05) is 17.4 Å². The first-order valence-corrected chi connectivity index (χ1v) is 14.3. The Morgan fingerprint density at radius 3 is 2.62 bits per heavy atom. The quantitative estimate of drug-likeness (QED) is 0.471. The van der Waals surface area contributed by atoms with Crippen molar-refractivity contribution >= 4 is 29.2 Å². The molecule has 2 aliphatic carbocycles. The minimum absolute atomic E-state index is 0.00963. The van der Waals surface area contributed by atoms with Crippen molar-refractivity contribution in [3.05, 3.63) is 89.1 Å². The number of aromatic nitrogens is 1. The predicted molar refractivity (Wildman–Crippen MR) is 152 cm³/mol. The molecule has 2 aromatic carbocycles. The maximum Gasteiger partial charge on any atom is 0.244 e. The normalized spacial score (nSPS) is 24.6. The van der Waals surface area contributed by atoms with Crippen molar-refractivity contribution in [3.8, 4) is 0 Å². The van der Waals surface area contributed by atoms with E-state index in [4.69, 9.17) is 0 Å². The van der Waals surface area contributed by atoms with E-state index in [0.717, 1.165) is 60.9 Å². The van der Waals surface area contributed by atoms with Crippen molar-refractivity contribution in [1.82, 2.24) is 15.2 Å². The van der Waals surface area contributed by atoms with Crippen LogP contribution in [-0.4, -0.2) is 46.2 Å². The average Bonchev–Trinajstić information content (AvgIpc) is 3.64. The molecular weight excluding hydrogens is 502 g/mol. The molecule has 2 spiro atoms. The highest BCUT2D eigenvalue weighted by molar-refractivity contribution is 6.06. The lowest BCUT2D eigenvalue weighted by Crippen LogP contribution is -2.55. The van der Waals surface area contributed by atoms with Crippen molar-refractivity contribution < 1.29 is 14.4 Å². The fourth-order valence-corrected chi connectivity index (χ4v) is 7.37. The Labute approximate surface area is 233 Å². The number of nitrogens with one attached hydrogen (secondary N) is 3. The molecule has 8 nitrogen and oxygen atoms in total. The number of carbonyl (C=O) groups is 3. The summed E-state index contributed by atoms with van der Waals surface area (Å²) < 4.78 is 0. The molecule has 3 N–H and O–H groups in total. The standard InChI is InChI=1S/C32H33N5O3/c38-27(20-37-26(21-7-2-1-3-8-21)12-16-34-32(30(37)40)13-4-5-14-32)35-24-11-10-22-18-31(19-23(22)17-24)25-9-6-15-33-28(25)36-29(31)39/h1-3,6-11,15,17,26,34H,4-5,12-14,16,18-20H2,(H,35,38)(H,33,36,39)/t26-,31?/m0/s1. The molecule has 2 aliphatic heterocycles. The van der Waals surface area contributed by atoms with Gasteiger partial charge in [-0.2, -0.15) is 0 Å². The summed E-state index contributed by atoms with van der Waals surface area (Å²) in [7, 11) is 0. The third-order valence-electron chi connectivity index (χ3n) is 9.35. The van der Waals surface area contributed by atoms with Gasteiger partial charge in [-0.3, -0.25) is 14.4 Å². The van der Waals surface area contributed by atoms with Crippen LogP contribution in [0.2, 0.25) is 0 Å². The van der Waals surface area contributed by atoms with Crippen molar-refractivity contribution in [2.75, 3.05) is 23.7 Å². The highest BCUT2D eigenvalue weighted by Gasteiger charge is 2.51. The zero-order valence-electron chi connectivity index (χ0n) is 22.4. The molecule has 2 fully saturated rings. The average molecular weight is 536 g/mol. The van der Waals surface area contributed by atoms with E-state index in [1.807, 2.05) is 60.7 Å². The van der Waals surface area contributed by atoms with Crippen LogP contribution < -0.4 is 16.0 Å². The Bertz CT molecular complexity index is 1500. The summed E-state index contributed by atoms with van der Waals surface area (Å²) in [6, 6.07) is 19.6. The molecule has 1 unspecified atom stereocenters. The molecule has 0 bridgehead atoms. The number of hydrogen-bond donors (Lipinski definition) is 3. The first kappa shape index (κ1) is 25.0. The molecule has 40 heavy (non-hydrogen) atoms. The van der Waals surface area contributed by atoms with E-state index in [2.05, 4.69) is 20.9 Å². The lowest BCUT2D eigenvalue weighted by molar-refractivity contribution is -0.142. The van der Waals surface area contributed by atoms with Gasteiger partial charge >= 0.3 is 0 Å². The fraction of sp³-hybridized carbons (Fsp3) is 0.375. The first-order chi connectivity index (χ1) is 19.5. The smallest absolute Gasteiger partial charge is 0.244 e. The number of anilines is 2. The first-order valence-electron chi connectivity index (χ1n) is 14.3. The van der Waals surface area contributed by atoms with Crippen LogP contribution in [0.1, 0.15) is 60.4 Å². The number of hydrogen-bond acceptors (Lipinski definition) is 5. The van der Waals surface area contributed by atoms with Crippen LogP contribution in [0.25, 0.3) is 0 Å². The number of pyridine rings is 1. The van der Waals surface area contributed by atoms with Crippen LogP contribution >= 0.6 is 0 Å². The Balaban J connectivity index is 1.12. The summed E-state index contributed by atoms with van der Waals surface area (Å²) in [5, 5.41) is 9.56. The molecule has 3 amide bonds. The van der Waals surface area contributed by atoms with Gasteiger partial charge in [0.1, 0.15) is 12.4 Å². The monoisotopic (exact) mass is 535 g/mol. The summed E-state index contributed by atoms with van der Waals surface area (Å²) >= 11 is 0. The Hall–Kier alpha value is -4.04. The van der Waals surface area contributed by atoms with E-state index >= 15 is 0 Å². The van der Waals surface area contributed by atoms with Crippen LogP contribution in [0.3, 0.4) is 0 Å². The highest BCUT2D eigenvalue weighted by atomic mass is 16.2. The highest BCUT2D eigenvalue weighted by Crippen LogP contribution is 2.47. The van der Waals surface area contributed by atoms with Gasteiger partial charge in [-0.15, -0.1) is 0 Å².